The van der Waals surface area contributed by atoms with Gasteiger partial charge in [0.1, 0.15) is 5.75 Å². The van der Waals surface area contributed by atoms with E-state index in [1.54, 1.807) is 31.4 Å². The van der Waals surface area contributed by atoms with Crippen LogP contribution in [-0.4, -0.2) is 49.5 Å². The van der Waals surface area contributed by atoms with Crippen molar-refractivity contribution >= 4 is 17.8 Å². The molecule has 0 bridgehead atoms. The first-order valence-electron chi connectivity index (χ1n) is 6.62. The van der Waals surface area contributed by atoms with Crippen LogP contribution in [0.15, 0.2) is 24.3 Å². The standard InChI is InChI=1S/C14H17N3O4/c1-21-11-5-3-10(4-6-11)13(19)15-7-2-8-17-12(18)9-16-14(17)20/h3-6H,2,7-9H2,1H3,(H,15,19)(H,16,20). The summed E-state index contributed by atoms with van der Waals surface area (Å²) in [5.74, 6) is 0.251. The summed E-state index contributed by atoms with van der Waals surface area (Å²) in [6, 6.07) is 6.39. The Balaban J connectivity index is 1.74. The fourth-order valence-electron chi connectivity index (χ4n) is 1.97. The SMILES string of the molecule is COc1ccc(C(=O)NCCCN2C(=O)CNC2=O)cc1. The molecule has 112 valence electrons. The van der Waals surface area contributed by atoms with Crippen molar-refractivity contribution in [2.45, 2.75) is 6.42 Å². The molecule has 0 unspecified atom stereocenters. The number of carbonyl (C=O) groups excluding carboxylic acids is 3. The Morgan fingerprint density at radius 1 is 1.33 bits per heavy atom. The number of hydrogen-bond donors (Lipinski definition) is 2. The van der Waals surface area contributed by atoms with Gasteiger partial charge in [-0.1, -0.05) is 0 Å². The van der Waals surface area contributed by atoms with Gasteiger partial charge in [-0.3, -0.25) is 14.5 Å². The summed E-state index contributed by atoms with van der Waals surface area (Å²) in [6.45, 7) is 0.743. The number of carbonyl (C=O) groups is 3. The number of imide groups is 1. The Bertz CT molecular complexity index is 526. The second kappa shape index (κ2) is 6.74. The van der Waals surface area contributed by atoms with Crippen LogP contribution in [0.1, 0.15) is 16.8 Å². The number of hydrogen-bond acceptors (Lipinski definition) is 4. The van der Waals surface area contributed by atoms with Crippen molar-refractivity contribution in [3.05, 3.63) is 29.8 Å². The first-order valence-corrected chi connectivity index (χ1v) is 6.62. The van der Waals surface area contributed by atoms with Crippen molar-refractivity contribution in [1.82, 2.24) is 15.5 Å². The highest BCUT2D eigenvalue weighted by Gasteiger charge is 2.27. The molecule has 1 saturated heterocycles. The monoisotopic (exact) mass is 291 g/mol. The number of methoxy groups -OCH3 is 1. The predicted octanol–water partition coefficient (Wildman–Crippen LogP) is 0.367. The lowest BCUT2D eigenvalue weighted by atomic mass is 10.2. The number of urea groups is 1. The molecule has 1 aromatic rings. The molecular weight excluding hydrogens is 274 g/mol. The maximum Gasteiger partial charge on any atom is 0.324 e. The summed E-state index contributed by atoms with van der Waals surface area (Å²) in [6.07, 6.45) is 0.515. The van der Waals surface area contributed by atoms with Crippen LogP contribution in [0.2, 0.25) is 0 Å². The zero-order valence-corrected chi connectivity index (χ0v) is 11.7. The molecule has 1 fully saturated rings. The topological polar surface area (TPSA) is 87.7 Å². The molecule has 7 heteroatoms. The predicted molar refractivity (Wildman–Crippen MR) is 75.1 cm³/mol. The summed E-state index contributed by atoms with van der Waals surface area (Å²) in [4.78, 5) is 35.6. The van der Waals surface area contributed by atoms with E-state index in [0.717, 1.165) is 4.90 Å². The molecule has 2 N–H and O–H groups in total. The van der Waals surface area contributed by atoms with Gasteiger partial charge in [0.15, 0.2) is 0 Å². The molecule has 0 aliphatic carbocycles. The molecule has 0 aromatic heterocycles. The van der Waals surface area contributed by atoms with E-state index in [4.69, 9.17) is 4.74 Å². The van der Waals surface area contributed by atoms with Crippen molar-refractivity contribution in [2.75, 3.05) is 26.7 Å². The van der Waals surface area contributed by atoms with Gasteiger partial charge in [-0.15, -0.1) is 0 Å². The maximum atomic E-state index is 11.9. The van der Waals surface area contributed by atoms with Crippen molar-refractivity contribution in [1.29, 1.82) is 0 Å². The summed E-state index contributed by atoms with van der Waals surface area (Å²) in [5.41, 5.74) is 0.533. The van der Waals surface area contributed by atoms with E-state index >= 15 is 0 Å². The van der Waals surface area contributed by atoms with Crippen LogP contribution in [0.25, 0.3) is 0 Å². The van der Waals surface area contributed by atoms with Crippen LogP contribution < -0.4 is 15.4 Å². The van der Waals surface area contributed by atoms with Crippen LogP contribution in [-0.2, 0) is 4.79 Å². The van der Waals surface area contributed by atoms with E-state index in [9.17, 15) is 14.4 Å². The first kappa shape index (κ1) is 14.8. The molecule has 21 heavy (non-hydrogen) atoms. The van der Waals surface area contributed by atoms with Crippen molar-refractivity contribution in [2.24, 2.45) is 0 Å². The van der Waals surface area contributed by atoms with Crippen LogP contribution in [0.3, 0.4) is 0 Å². The average molecular weight is 291 g/mol. The van der Waals surface area contributed by atoms with Gasteiger partial charge in [0.05, 0.1) is 13.7 Å². The van der Waals surface area contributed by atoms with Gasteiger partial charge in [0.25, 0.3) is 5.91 Å². The number of rotatable bonds is 6. The molecule has 1 heterocycles. The fraction of sp³-hybridized carbons (Fsp3) is 0.357. The molecule has 7 nitrogen and oxygen atoms in total. The van der Waals surface area contributed by atoms with Gasteiger partial charge in [-0.05, 0) is 30.7 Å². The van der Waals surface area contributed by atoms with Gasteiger partial charge in [-0.2, -0.15) is 0 Å². The quantitative estimate of drug-likeness (QED) is 0.585. The summed E-state index contributed by atoms with van der Waals surface area (Å²) in [7, 11) is 1.56. The zero-order chi connectivity index (χ0) is 15.2. The Hall–Kier alpha value is -2.57. The minimum Gasteiger partial charge on any atom is -0.497 e. The molecule has 0 spiro atoms. The first-order chi connectivity index (χ1) is 10.1. The molecule has 2 rings (SSSR count). The molecule has 4 amide bonds. The minimum atomic E-state index is -0.374. The Morgan fingerprint density at radius 3 is 2.62 bits per heavy atom. The number of ether oxygens (including phenoxy) is 1. The largest absolute Gasteiger partial charge is 0.497 e. The van der Waals surface area contributed by atoms with Gasteiger partial charge >= 0.3 is 6.03 Å². The molecule has 1 aliphatic rings. The van der Waals surface area contributed by atoms with Crippen LogP contribution >= 0.6 is 0 Å². The van der Waals surface area contributed by atoms with Crippen LogP contribution in [0.5, 0.6) is 5.75 Å². The van der Waals surface area contributed by atoms with Gasteiger partial charge in [0.2, 0.25) is 5.91 Å². The van der Waals surface area contributed by atoms with Crippen molar-refractivity contribution in [3.63, 3.8) is 0 Å². The van der Waals surface area contributed by atoms with Crippen LogP contribution in [0.4, 0.5) is 4.79 Å². The average Bonchev–Trinajstić information content (AvgIpc) is 2.82. The second-order valence-electron chi connectivity index (χ2n) is 4.54. The lowest BCUT2D eigenvalue weighted by Crippen LogP contribution is -2.34. The Labute approximate surface area is 122 Å². The van der Waals surface area contributed by atoms with Crippen molar-refractivity contribution in [3.8, 4) is 5.75 Å². The normalized spacial score (nSPS) is 14.0. The lowest BCUT2D eigenvalue weighted by molar-refractivity contribution is -0.125. The van der Waals surface area contributed by atoms with Crippen LogP contribution in [0, 0.1) is 0 Å². The molecular formula is C14H17N3O4. The molecule has 1 aromatic carbocycles. The third-order valence-corrected chi connectivity index (χ3v) is 3.13. The van der Waals surface area contributed by atoms with E-state index in [2.05, 4.69) is 10.6 Å². The third-order valence-electron chi connectivity index (χ3n) is 3.13. The summed E-state index contributed by atoms with van der Waals surface area (Å²) in [5, 5.41) is 5.18. The lowest BCUT2D eigenvalue weighted by Gasteiger charge is -2.12. The number of nitrogens with one attached hydrogen (secondary N) is 2. The molecule has 0 radical (unpaired) electrons. The number of amides is 4. The number of benzene rings is 1. The maximum absolute atomic E-state index is 11.9. The zero-order valence-electron chi connectivity index (χ0n) is 11.7. The van der Waals surface area contributed by atoms with E-state index in [-0.39, 0.29) is 24.4 Å². The number of nitrogens with zero attached hydrogens (tertiary/aromatic N) is 1. The van der Waals surface area contributed by atoms with E-state index in [1.165, 1.54) is 0 Å². The Kier molecular flexibility index (Phi) is 4.76. The smallest absolute Gasteiger partial charge is 0.324 e. The second-order valence-corrected chi connectivity index (χ2v) is 4.54. The summed E-state index contributed by atoms with van der Waals surface area (Å²) < 4.78 is 5.02. The molecule has 1 aliphatic heterocycles. The third kappa shape index (κ3) is 3.71. The molecule has 0 atom stereocenters. The highest BCUT2D eigenvalue weighted by Crippen LogP contribution is 2.11. The highest BCUT2D eigenvalue weighted by molar-refractivity contribution is 6.01. The van der Waals surface area contributed by atoms with Gasteiger partial charge < -0.3 is 15.4 Å². The Morgan fingerprint density at radius 2 is 2.05 bits per heavy atom. The van der Waals surface area contributed by atoms with E-state index in [1.807, 2.05) is 0 Å². The minimum absolute atomic E-state index is 0.0526. The van der Waals surface area contributed by atoms with Crippen molar-refractivity contribution < 1.29 is 19.1 Å². The summed E-state index contributed by atoms with van der Waals surface area (Å²) >= 11 is 0. The molecule has 0 saturated carbocycles. The van der Waals surface area contributed by atoms with Gasteiger partial charge in [-0.25, -0.2) is 4.79 Å². The highest BCUT2D eigenvalue weighted by atomic mass is 16.5. The van der Waals surface area contributed by atoms with E-state index in [0.29, 0.717) is 30.8 Å². The fourth-order valence-corrected chi connectivity index (χ4v) is 1.97. The van der Waals surface area contributed by atoms with Gasteiger partial charge in [0, 0.05) is 18.7 Å². The van der Waals surface area contributed by atoms with E-state index < -0.39 is 0 Å².